The Balaban J connectivity index is 2.12. The van der Waals surface area contributed by atoms with Crippen LogP contribution in [0.15, 0.2) is 54.2 Å². The number of carbonyl (C=O) groups excluding carboxylic acids is 1. The Labute approximate surface area is 153 Å². The van der Waals surface area contributed by atoms with E-state index in [1.54, 1.807) is 0 Å². The highest BCUT2D eigenvalue weighted by Gasteiger charge is 2.14. The average molecular weight is 354 g/mol. The number of amides is 1. The van der Waals surface area contributed by atoms with Crippen LogP contribution in [-0.4, -0.2) is 5.91 Å². The maximum Gasteiger partial charge on any atom is 0.263 e. The number of rotatable bonds is 5. The summed E-state index contributed by atoms with van der Waals surface area (Å²) in [7, 11) is 0. The Kier molecular flexibility index (Phi) is 6.21. The second-order valence-electron chi connectivity index (χ2n) is 5.86. The highest BCUT2D eigenvalue weighted by Crippen LogP contribution is 2.27. The maximum atomic E-state index is 12.3. The highest BCUT2D eigenvalue weighted by molar-refractivity contribution is 6.33. The van der Waals surface area contributed by atoms with Crippen LogP contribution in [0.25, 0.3) is 0 Å². The van der Waals surface area contributed by atoms with Gasteiger partial charge in [0.15, 0.2) is 0 Å². The Bertz CT molecular complexity index is 815. The molecule has 1 unspecified atom stereocenters. The van der Waals surface area contributed by atoms with Gasteiger partial charge in [-0.2, -0.15) is 5.26 Å². The molecule has 0 aliphatic rings. The lowest BCUT2D eigenvalue weighted by Crippen LogP contribution is -2.28. The third kappa shape index (κ3) is 4.85. The molecular weight excluding hydrogens is 334 g/mol. The second-order valence-corrected chi connectivity index (χ2v) is 6.27. The minimum Gasteiger partial charge on any atom is -0.359 e. The average Bonchev–Trinajstić information content (AvgIpc) is 2.58. The van der Waals surface area contributed by atoms with Crippen molar-refractivity contribution in [1.82, 2.24) is 5.32 Å². The van der Waals surface area contributed by atoms with Crippen LogP contribution in [0.2, 0.25) is 5.02 Å². The summed E-state index contributed by atoms with van der Waals surface area (Å²) in [5, 5.41) is 15.6. The Hall–Kier alpha value is -2.77. The molecule has 0 fully saturated rings. The molecule has 0 spiro atoms. The lowest BCUT2D eigenvalue weighted by Gasteiger charge is -2.14. The van der Waals surface area contributed by atoms with Gasteiger partial charge in [0.1, 0.15) is 11.6 Å². The molecule has 2 aromatic rings. The molecule has 0 aromatic heterocycles. The van der Waals surface area contributed by atoms with Crippen LogP contribution >= 0.6 is 11.6 Å². The topological polar surface area (TPSA) is 64.9 Å². The van der Waals surface area contributed by atoms with Gasteiger partial charge in [-0.05, 0) is 43.5 Å². The summed E-state index contributed by atoms with van der Waals surface area (Å²) >= 11 is 6.23. The third-order valence-corrected chi connectivity index (χ3v) is 4.10. The fraction of sp³-hybridized carbons (Fsp3) is 0.200. The van der Waals surface area contributed by atoms with Gasteiger partial charge in [0.2, 0.25) is 0 Å². The van der Waals surface area contributed by atoms with Crippen molar-refractivity contribution in [3.05, 3.63) is 76.0 Å². The Morgan fingerprint density at radius 1 is 1.24 bits per heavy atom. The van der Waals surface area contributed by atoms with Crippen molar-refractivity contribution in [2.24, 2.45) is 0 Å². The summed E-state index contributed by atoms with van der Waals surface area (Å²) in [6, 6.07) is 15.1. The van der Waals surface area contributed by atoms with Crippen molar-refractivity contribution in [2.75, 3.05) is 5.32 Å². The molecule has 0 aliphatic heterocycles. The molecule has 1 atom stereocenters. The zero-order valence-electron chi connectivity index (χ0n) is 14.4. The van der Waals surface area contributed by atoms with E-state index in [4.69, 9.17) is 11.6 Å². The minimum absolute atomic E-state index is 0.0150. The highest BCUT2D eigenvalue weighted by atomic mass is 35.5. The van der Waals surface area contributed by atoms with Crippen molar-refractivity contribution in [3.8, 4) is 6.07 Å². The Morgan fingerprint density at radius 3 is 2.52 bits per heavy atom. The molecule has 25 heavy (non-hydrogen) atoms. The van der Waals surface area contributed by atoms with E-state index in [0.717, 1.165) is 16.7 Å². The van der Waals surface area contributed by atoms with Gasteiger partial charge >= 0.3 is 0 Å². The quantitative estimate of drug-likeness (QED) is 0.607. The lowest BCUT2D eigenvalue weighted by molar-refractivity contribution is -0.117. The van der Waals surface area contributed by atoms with E-state index in [0.29, 0.717) is 10.7 Å². The summed E-state index contributed by atoms with van der Waals surface area (Å²) in [6.07, 6.45) is 1.39. The number of anilines is 1. The predicted octanol–water partition coefficient (Wildman–Crippen LogP) is 4.65. The number of nitrogens with one attached hydrogen (secondary N) is 2. The molecule has 4 nitrogen and oxygen atoms in total. The van der Waals surface area contributed by atoms with Gasteiger partial charge in [0, 0.05) is 6.20 Å². The molecule has 2 N–H and O–H groups in total. The number of hydrogen-bond donors (Lipinski definition) is 2. The van der Waals surface area contributed by atoms with Gasteiger partial charge in [-0.15, -0.1) is 0 Å². The van der Waals surface area contributed by atoms with Crippen molar-refractivity contribution >= 4 is 23.2 Å². The fourth-order valence-electron chi connectivity index (χ4n) is 2.49. The normalized spacial score (nSPS) is 12.2. The van der Waals surface area contributed by atoms with Crippen LogP contribution in [-0.2, 0) is 4.79 Å². The predicted molar refractivity (Wildman–Crippen MR) is 101 cm³/mol. The first-order valence-corrected chi connectivity index (χ1v) is 8.29. The molecule has 0 saturated carbocycles. The summed E-state index contributed by atoms with van der Waals surface area (Å²) in [5.41, 5.74) is 3.63. The first-order valence-electron chi connectivity index (χ1n) is 7.91. The van der Waals surface area contributed by atoms with Crippen molar-refractivity contribution in [3.63, 3.8) is 0 Å². The number of nitrogens with zero attached hydrogens (tertiary/aromatic N) is 1. The van der Waals surface area contributed by atoms with Crippen LogP contribution < -0.4 is 10.6 Å². The summed E-state index contributed by atoms with van der Waals surface area (Å²) in [5.74, 6) is -0.438. The zero-order valence-corrected chi connectivity index (χ0v) is 15.2. The van der Waals surface area contributed by atoms with E-state index in [1.165, 1.54) is 6.20 Å². The molecule has 0 radical (unpaired) electrons. The molecule has 1 amide bonds. The SMILES string of the molecule is Cc1cc(C)c(N/C=C(/C#N)C(=O)NC(C)c2ccccc2)c(Cl)c1. The standard InChI is InChI=1S/C20H20ClN3O/c1-13-9-14(2)19(18(21)10-13)23-12-17(11-22)20(25)24-15(3)16-7-5-4-6-8-16/h4-10,12,15,23H,1-3H3,(H,24,25)/b17-12-. The second kappa shape index (κ2) is 8.36. The van der Waals surface area contributed by atoms with Gasteiger partial charge in [0.05, 0.1) is 16.8 Å². The van der Waals surface area contributed by atoms with Crippen LogP contribution in [0.5, 0.6) is 0 Å². The minimum atomic E-state index is -0.438. The van der Waals surface area contributed by atoms with Gasteiger partial charge in [-0.1, -0.05) is 48.0 Å². The molecule has 0 saturated heterocycles. The summed E-state index contributed by atoms with van der Waals surface area (Å²) in [6.45, 7) is 5.74. The molecular formula is C20H20ClN3O. The van der Waals surface area contributed by atoms with Gasteiger partial charge < -0.3 is 10.6 Å². The first kappa shape index (κ1) is 18.6. The molecule has 128 valence electrons. The molecule has 0 aliphatic carbocycles. The van der Waals surface area contributed by atoms with Gasteiger partial charge in [0.25, 0.3) is 5.91 Å². The van der Waals surface area contributed by atoms with Gasteiger partial charge in [-0.25, -0.2) is 0 Å². The first-order chi connectivity index (χ1) is 11.9. The van der Waals surface area contributed by atoms with Crippen molar-refractivity contribution in [2.45, 2.75) is 26.8 Å². The molecule has 5 heteroatoms. The van der Waals surface area contributed by atoms with E-state index in [1.807, 2.05) is 69.3 Å². The molecule has 0 heterocycles. The van der Waals surface area contributed by atoms with E-state index in [9.17, 15) is 10.1 Å². The molecule has 0 bridgehead atoms. The summed E-state index contributed by atoms with van der Waals surface area (Å²) in [4.78, 5) is 12.3. The number of carbonyl (C=O) groups is 1. The van der Waals surface area contributed by atoms with E-state index in [-0.39, 0.29) is 11.6 Å². The van der Waals surface area contributed by atoms with Crippen LogP contribution in [0, 0.1) is 25.2 Å². The van der Waals surface area contributed by atoms with Crippen LogP contribution in [0.3, 0.4) is 0 Å². The third-order valence-electron chi connectivity index (χ3n) is 3.80. The van der Waals surface area contributed by atoms with E-state index >= 15 is 0 Å². The Morgan fingerprint density at radius 2 is 1.92 bits per heavy atom. The molecule has 2 aromatic carbocycles. The van der Waals surface area contributed by atoms with E-state index < -0.39 is 5.91 Å². The number of nitriles is 1. The largest absolute Gasteiger partial charge is 0.359 e. The zero-order chi connectivity index (χ0) is 18.4. The fourth-order valence-corrected chi connectivity index (χ4v) is 2.87. The number of halogens is 1. The van der Waals surface area contributed by atoms with Crippen molar-refractivity contribution < 1.29 is 4.79 Å². The van der Waals surface area contributed by atoms with E-state index in [2.05, 4.69) is 10.6 Å². The van der Waals surface area contributed by atoms with Gasteiger partial charge in [-0.3, -0.25) is 4.79 Å². The van der Waals surface area contributed by atoms with Crippen molar-refractivity contribution in [1.29, 1.82) is 5.26 Å². The monoisotopic (exact) mass is 353 g/mol. The maximum absolute atomic E-state index is 12.3. The van der Waals surface area contributed by atoms with Crippen LogP contribution in [0.1, 0.15) is 29.7 Å². The number of benzene rings is 2. The van der Waals surface area contributed by atoms with Crippen LogP contribution in [0.4, 0.5) is 5.69 Å². The lowest BCUT2D eigenvalue weighted by atomic mass is 10.1. The summed E-state index contributed by atoms with van der Waals surface area (Å²) < 4.78 is 0. The smallest absolute Gasteiger partial charge is 0.263 e. The molecule has 2 rings (SSSR count). The number of hydrogen-bond acceptors (Lipinski definition) is 3. The number of aryl methyl sites for hydroxylation is 2.